The van der Waals surface area contributed by atoms with Crippen molar-refractivity contribution in [3.63, 3.8) is 0 Å². The zero-order valence-electron chi connectivity index (χ0n) is 10.6. The van der Waals surface area contributed by atoms with Crippen molar-refractivity contribution < 1.29 is 9.53 Å². The van der Waals surface area contributed by atoms with Crippen LogP contribution in [0.3, 0.4) is 0 Å². The van der Waals surface area contributed by atoms with Crippen molar-refractivity contribution in [2.24, 2.45) is 0 Å². The number of nitrogens with one attached hydrogen (secondary N) is 1. The van der Waals surface area contributed by atoms with Gasteiger partial charge in [0.15, 0.2) is 0 Å². The number of carbonyl (C=O) groups is 1. The van der Waals surface area contributed by atoms with Gasteiger partial charge in [0.2, 0.25) is 0 Å². The Bertz CT molecular complexity index is 570. The third kappa shape index (κ3) is 3.22. The number of hydrogen-bond acceptors (Lipinski definition) is 5. The van der Waals surface area contributed by atoms with E-state index in [-0.39, 0.29) is 0 Å². The lowest BCUT2D eigenvalue weighted by Gasteiger charge is -2.09. The Balaban J connectivity index is 2.11. The highest BCUT2D eigenvalue weighted by molar-refractivity contribution is 5.96. The van der Waals surface area contributed by atoms with E-state index in [4.69, 9.17) is 5.73 Å². The molecule has 0 saturated carbocycles. The molecule has 0 unspecified atom stereocenters. The van der Waals surface area contributed by atoms with E-state index in [1.54, 1.807) is 18.3 Å². The van der Waals surface area contributed by atoms with Crippen molar-refractivity contribution in [3.8, 4) is 0 Å². The smallest absolute Gasteiger partial charge is 0.340 e. The molecule has 98 valence electrons. The van der Waals surface area contributed by atoms with Crippen LogP contribution in [0, 0.1) is 0 Å². The molecule has 5 nitrogen and oxygen atoms in total. The number of methoxy groups -OCH3 is 1. The number of nitrogen functional groups attached to an aromatic ring is 1. The second kappa shape index (κ2) is 5.86. The Kier molecular flexibility index (Phi) is 3.97. The summed E-state index contributed by atoms with van der Waals surface area (Å²) in [6.07, 6.45) is 1.74. The molecule has 19 heavy (non-hydrogen) atoms. The molecule has 0 radical (unpaired) electrons. The molecule has 1 aromatic heterocycles. The molecular formula is C14H15N3O2. The Morgan fingerprint density at radius 2 is 2.21 bits per heavy atom. The second-order valence-electron chi connectivity index (χ2n) is 3.97. The van der Waals surface area contributed by atoms with Crippen LogP contribution >= 0.6 is 0 Å². The van der Waals surface area contributed by atoms with E-state index in [0.717, 1.165) is 11.4 Å². The number of pyridine rings is 1. The van der Waals surface area contributed by atoms with Gasteiger partial charge in [0.1, 0.15) is 0 Å². The average Bonchev–Trinajstić information content (AvgIpc) is 2.46. The Morgan fingerprint density at radius 3 is 2.89 bits per heavy atom. The first-order valence-electron chi connectivity index (χ1n) is 5.82. The minimum atomic E-state index is -0.445. The molecule has 0 bridgehead atoms. The maximum Gasteiger partial charge on any atom is 0.340 e. The molecule has 5 heteroatoms. The van der Waals surface area contributed by atoms with Gasteiger partial charge in [-0.25, -0.2) is 4.79 Å². The standard InChI is InChI=1S/C14H15N3O2/c1-19-14(18)12-8-10(5-6-13(12)15)17-9-11-4-2-3-7-16-11/h2-8,17H,9,15H2,1H3. The summed E-state index contributed by atoms with van der Waals surface area (Å²) in [6.45, 7) is 0.575. The van der Waals surface area contributed by atoms with Gasteiger partial charge in [0, 0.05) is 17.6 Å². The lowest BCUT2D eigenvalue weighted by molar-refractivity contribution is 0.0602. The number of anilines is 2. The van der Waals surface area contributed by atoms with Gasteiger partial charge in [-0.05, 0) is 30.3 Å². The third-order valence-corrected chi connectivity index (χ3v) is 2.66. The number of benzene rings is 1. The fraction of sp³-hybridized carbons (Fsp3) is 0.143. The summed E-state index contributed by atoms with van der Waals surface area (Å²) in [5, 5.41) is 3.18. The van der Waals surface area contributed by atoms with Gasteiger partial charge in [-0.3, -0.25) is 4.98 Å². The monoisotopic (exact) mass is 257 g/mol. The number of carbonyl (C=O) groups excluding carboxylic acids is 1. The molecule has 3 N–H and O–H groups in total. The van der Waals surface area contributed by atoms with E-state index in [1.165, 1.54) is 7.11 Å². The van der Waals surface area contributed by atoms with Gasteiger partial charge in [-0.15, -0.1) is 0 Å². The normalized spacial score (nSPS) is 9.95. The summed E-state index contributed by atoms with van der Waals surface area (Å²) >= 11 is 0. The van der Waals surface area contributed by atoms with Crippen LogP contribution in [0.4, 0.5) is 11.4 Å². The number of nitrogens with zero attached hydrogens (tertiary/aromatic N) is 1. The molecule has 0 fully saturated rings. The zero-order valence-corrected chi connectivity index (χ0v) is 10.6. The van der Waals surface area contributed by atoms with E-state index in [1.807, 2.05) is 24.3 Å². The molecule has 0 amide bonds. The molecule has 0 aliphatic carbocycles. The quantitative estimate of drug-likeness (QED) is 0.647. The number of nitrogens with two attached hydrogens (primary N) is 1. The summed E-state index contributed by atoms with van der Waals surface area (Å²) in [4.78, 5) is 15.7. The lowest BCUT2D eigenvalue weighted by atomic mass is 10.1. The number of hydrogen-bond donors (Lipinski definition) is 2. The largest absolute Gasteiger partial charge is 0.465 e. The predicted octanol–water partition coefficient (Wildman–Crippen LogP) is 2.06. The molecule has 0 spiro atoms. The Morgan fingerprint density at radius 1 is 1.37 bits per heavy atom. The highest BCUT2D eigenvalue weighted by Gasteiger charge is 2.10. The molecule has 0 aliphatic rings. The number of ether oxygens (including phenoxy) is 1. The average molecular weight is 257 g/mol. The van der Waals surface area contributed by atoms with E-state index in [9.17, 15) is 4.79 Å². The van der Waals surface area contributed by atoms with Crippen molar-refractivity contribution in [2.45, 2.75) is 6.54 Å². The maximum atomic E-state index is 11.5. The van der Waals surface area contributed by atoms with Crippen LogP contribution in [0.5, 0.6) is 0 Å². The minimum Gasteiger partial charge on any atom is -0.465 e. The Hall–Kier alpha value is -2.56. The van der Waals surface area contributed by atoms with E-state index >= 15 is 0 Å². The SMILES string of the molecule is COC(=O)c1cc(NCc2ccccn2)ccc1N. The third-order valence-electron chi connectivity index (χ3n) is 2.66. The van der Waals surface area contributed by atoms with Crippen LogP contribution in [-0.2, 0) is 11.3 Å². The Labute approximate surface area is 111 Å². The zero-order chi connectivity index (χ0) is 13.7. The van der Waals surface area contributed by atoms with Crippen LogP contribution in [0.25, 0.3) is 0 Å². The molecule has 0 aliphatic heterocycles. The van der Waals surface area contributed by atoms with Crippen LogP contribution in [0.15, 0.2) is 42.6 Å². The van der Waals surface area contributed by atoms with Crippen molar-refractivity contribution in [2.75, 3.05) is 18.2 Å². The lowest BCUT2D eigenvalue weighted by Crippen LogP contribution is -2.07. The number of rotatable bonds is 4. The van der Waals surface area contributed by atoms with Gasteiger partial charge in [0.05, 0.1) is 24.9 Å². The summed E-state index contributed by atoms with van der Waals surface area (Å²) < 4.78 is 4.68. The van der Waals surface area contributed by atoms with Gasteiger partial charge in [-0.2, -0.15) is 0 Å². The van der Waals surface area contributed by atoms with E-state index in [0.29, 0.717) is 17.8 Å². The summed E-state index contributed by atoms with van der Waals surface area (Å²) in [5.41, 5.74) is 8.19. The van der Waals surface area contributed by atoms with Gasteiger partial charge in [0.25, 0.3) is 0 Å². The number of aromatic nitrogens is 1. The molecule has 0 saturated heterocycles. The van der Waals surface area contributed by atoms with E-state index < -0.39 is 5.97 Å². The molecule has 1 heterocycles. The first kappa shape index (κ1) is 12.9. The molecule has 2 aromatic rings. The predicted molar refractivity (Wildman–Crippen MR) is 73.8 cm³/mol. The van der Waals surface area contributed by atoms with Crippen LogP contribution in [0.1, 0.15) is 16.1 Å². The first-order chi connectivity index (χ1) is 9.20. The van der Waals surface area contributed by atoms with Crippen molar-refractivity contribution in [1.82, 2.24) is 4.98 Å². The first-order valence-corrected chi connectivity index (χ1v) is 5.82. The van der Waals surface area contributed by atoms with Crippen molar-refractivity contribution >= 4 is 17.3 Å². The van der Waals surface area contributed by atoms with Gasteiger partial charge in [-0.1, -0.05) is 6.07 Å². The summed E-state index contributed by atoms with van der Waals surface area (Å²) in [5.74, 6) is -0.445. The van der Waals surface area contributed by atoms with Crippen LogP contribution in [0.2, 0.25) is 0 Å². The van der Waals surface area contributed by atoms with Gasteiger partial charge < -0.3 is 15.8 Å². The van der Waals surface area contributed by atoms with Crippen molar-refractivity contribution in [3.05, 3.63) is 53.9 Å². The van der Waals surface area contributed by atoms with Gasteiger partial charge >= 0.3 is 5.97 Å². The highest BCUT2D eigenvalue weighted by atomic mass is 16.5. The molecular weight excluding hydrogens is 242 g/mol. The van der Waals surface area contributed by atoms with Crippen LogP contribution < -0.4 is 11.1 Å². The highest BCUT2D eigenvalue weighted by Crippen LogP contribution is 2.19. The maximum absolute atomic E-state index is 11.5. The fourth-order valence-electron chi connectivity index (χ4n) is 1.65. The molecule has 1 aromatic carbocycles. The van der Waals surface area contributed by atoms with Crippen molar-refractivity contribution in [1.29, 1.82) is 0 Å². The number of esters is 1. The second-order valence-corrected chi connectivity index (χ2v) is 3.97. The molecule has 0 atom stereocenters. The topological polar surface area (TPSA) is 77.2 Å². The summed E-state index contributed by atoms with van der Waals surface area (Å²) in [6, 6.07) is 10.9. The van der Waals surface area contributed by atoms with Crippen LogP contribution in [-0.4, -0.2) is 18.1 Å². The van der Waals surface area contributed by atoms with E-state index in [2.05, 4.69) is 15.0 Å². The molecule has 2 rings (SSSR count). The fourth-order valence-corrected chi connectivity index (χ4v) is 1.65. The summed E-state index contributed by atoms with van der Waals surface area (Å²) in [7, 11) is 1.33. The minimum absolute atomic E-state index is 0.355.